The van der Waals surface area contributed by atoms with Crippen LogP contribution < -0.4 is 10.2 Å². The zero-order valence-electron chi connectivity index (χ0n) is 12.9. The summed E-state index contributed by atoms with van der Waals surface area (Å²) in [5.41, 5.74) is 1.75. The van der Waals surface area contributed by atoms with Gasteiger partial charge in [-0.05, 0) is 43.5 Å². The van der Waals surface area contributed by atoms with Crippen molar-refractivity contribution in [1.82, 2.24) is 5.32 Å². The molecule has 0 radical (unpaired) electrons. The Morgan fingerprint density at radius 2 is 2.05 bits per heavy atom. The largest absolute Gasteiger partial charge is 0.364 e. The number of nitrogens with one attached hydrogen (secondary N) is 1. The maximum absolute atomic E-state index is 14.5. The normalized spacial score (nSPS) is 12.4. The minimum absolute atomic E-state index is 0.137. The number of anilines is 1. The second kappa shape index (κ2) is 7.57. The van der Waals surface area contributed by atoms with E-state index in [1.165, 1.54) is 4.88 Å². The molecule has 4 heteroatoms. The lowest BCUT2D eigenvalue weighted by atomic mass is 10.0. The number of nitrogens with zero attached hydrogens (tertiary/aromatic N) is 1. The van der Waals surface area contributed by atoms with Gasteiger partial charge in [0, 0.05) is 17.5 Å². The lowest BCUT2D eigenvalue weighted by molar-refractivity contribution is 0.576. The summed E-state index contributed by atoms with van der Waals surface area (Å²) in [6, 6.07) is 9.63. The second-order valence-corrected chi connectivity index (χ2v) is 6.08. The van der Waals surface area contributed by atoms with Gasteiger partial charge in [-0.1, -0.05) is 25.1 Å². The lowest BCUT2D eigenvalue weighted by Crippen LogP contribution is -2.27. The zero-order chi connectivity index (χ0) is 15.2. The van der Waals surface area contributed by atoms with Crippen LogP contribution in [-0.4, -0.2) is 13.1 Å². The van der Waals surface area contributed by atoms with E-state index in [0.717, 1.165) is 30.9 Å². The maximum Gasteiger partial charge on any atom is 0.146 e. The Hall–Kier alpha value is -1.39. The van der Waals surface area contributed by atoms with Crippen LogP contribution >= 0.6 is 11.3 Å². The molecule has 2 rings (SSSR count). The number of benzene rings is 1. The highest BCUT2D eigenvalue weighted by Gasteiger charge is 2.19. The summed E-state index contributed by atoms with van der Waals surface area (Å²) >= 11 is 1.71. The highest BCUT2D eigenvalue weighted by Crippen LogP contribution is 2.31. The van der Waals surface area contributed by atoms with E-state index >= 15 is 0 Å². The average Bonchev–Trinajstić information content (AvgIpc) is 2.98. The molecule has 0 aliphatic rings. The van der Waals surface area contributed by atoms with E-state index in [0.29, 0.717) is 0 Å². The van der Waals surface area contributed by atoms with Crippen molar-refractivity contribution >= 4 is 17.0 Å². The summed E-state index contributed by atoms with van der Waals surface area (Å²) in [4.78, 5) is 3.37. The number of para-hydroxylation sites is 1. The molecule has 0 aliphatic heterocycles. The molecule has 0 saturated carbocycles. The van der Waals surface area contributed by atoms with E-state index in [1.807, 2.05) is 12.1 Å². The predicted molar refractivity (Wildman–Crippen MR) is 89.5 cm³/mol. The van der Waals surface area contributed by atoms with E-state index in [1.54, 1.807) is 23.5 Å². The first-order chi connectivity index (χ1) is 10.2. The molecule has 2 nitrogen and oxygen atoms in total. The van der Waals surface area contributed by atoms with E-state index in [-0.39, 0.29) is 11.9 Å². The molecule has 2 aromatic rings. The van der Waals surface area contributed by atoms with Gasteiger partial charge in [-0.15, -0.1) is 11.3 Å². The van der Waals surface area contributed by atoms with Crippen LogP contribution in [0.15, 0.2) is 35.7 Å². The zero-order valence-corrected chi connectivity index (χ0v) is 13.7. The number of thiophene rings is 1. The fourth-order valence-electron chi connectivity index (χ4n) is 2.57. The first-order valence-electron chi connectivity index (χ1n) is 7.46. The minimum atomic E-state index is -0.143. The fraction of sp³-hybridized carbons (Fsp3) is 0.412. The highest BCUT2D eigenvalue weighted by atomic mass is 32.1. The quantitative estimate of drug-likeness (QED) is 0.805. The molecule has 1 aromatic carbocycles. The summed E-state index contributed by atoms with van der Waals surface area (Å²) < 4.78 is 14.5. The molecule has 1 N–H and O–H groups in total. The topological polar surface area (TPSA) is 15.3 Å². The highest BCUT2D eigenvalue weighted by molar-refractivity contribution is 7.09. The first-order valence-corrected chi connectivity index (χ1v) is 8.34. The van der Waals surface area contributed by atoms with Gasteiger partial charge in [-0.25, -0.2) is 4.39 Å². The maximum atomic E-state index is 14.5. The van der Waals surface area contributed by atoms with Gasteiger partial charge in [0.25, 0.3) is 0 Å². The van der Waals surface area contributed by atoms with Gasteiger partial charge < -0.3 is 10.2 Å². The number of hydrogen-bond acceptors (Lipinski definition) is 3. The molecular weight excluding hydrogens is 283 g/mol. The standard InChI is InChI=1S/C17H23FN2S/c1-4-19-13(3)15-9-6-10-16(18)17(15)20(5-2)12-14-8-7-11-21-14/h6-11,13,19H,4-5,12H2,1-3H3. The first kappa shape index (κ1) is 16.0. The van der Waals surface area contributed by atoms with Gasteiger partial charge in [0.05, 0.1) is 12.2 Å². The van der Waals surface area contributed by atoms with Crippen molar-refractivity contribution in [2.24, 2.45) is 0 Å². The summed E-state index contributed by atoms with van der Waals surface area (Å²) in [7, 11) is 0. The summed E-state index contributed by atoms with van der Waals surface area (Å²) in [6.07, 6.45) is 0. The monoisotopic (exact) mass is 306 g/mol. The van der Waals surface area contributed by atoms with Crippen LogP contribution in [0.1, 0.15) is 37.3 Å². The molecule has 1 aromatic heterocycles. The minimum Gasteiger partial charge on any atom is -0.364 e. The molecule has 114 valence electrons. The number of halogens is 1. The average molecular weight is 306 g/mol. The Morgan fingerprint density at radius 1 is 1.24 bits per heavy atom. The van der Waals surface area contributed by atoms with Gasteiger partial charge in [-0.2, -0.15) is 0 Å². The van der Waals surface area contributed by atoms with Crippen LogP contribution in [0, 0.1) is 5.82 Å². The molecule has 0 fully saturated rings. The summed E-state index contributed by atoms with van der Waals surface area (Å²) in [6.45, 7) is 8.63. The Labute approximate surface area is 130 Å². The van der Waals surface area contributed by atoms with Gasteiger partial charge in [0.15, 0.2) is 0 Å². The molecular formula is C17H23FN2S. The predicted octanol–water partition coefficient (Wildman–Crippen LogP) is 4.58. The molecule has 0 aliphatic carbocycles. The van der Waals surface area contributed by atoms with Gasteiger partial charge in [0.2, 0.25) is 0 Å². The van der Waals surface area contributed by atoms with Crippen molar-refractivity contribution in [3.63, 3.8) is 0 Å². The van der Waals surface area contributed by atoms with Crippen LogP contribution in [0.25, 0.3) is 0 Å². The molecule has 1 atom stereocenters. The SMILES string of the molecule is CCNC(C)c1cccc(F)c1N(CC)Cc1cccs1. The van der Waals surface area contributed by atoms with Crippen LogP contribution in [0.2, 0.25) is 0 Å². The van der Waals surface area contributed by atoms with Crippen LogP contribution in [0.5, 0.6) is 0 Å². The molecule has 1 unspecified atom stereocenters. The Kier molecular flexibility index (Phi) is 5.76. The third kappa shape index (κ3) is 3.83. The molecule has 21 heavy (non-hydrogen) atoms. The van der Waals surface area contributed by atoms with Crippen molar-refractivity contribution in [3.05, 3.63) is 52.0 Å². The fourth-order valence-corrected chi connectivity index (χ4v) is 3.29. The third-order valence-electron chi connectivity index (χ3n) is 3.62. The van der Waals surface area contributed by atoms with Crippen LogP contribution in [-0.2, 0) is 6.54 Å². The van der Waals surface area contributed by atoms with Crippen molar-refractivity contribution < 1.29 is 4.39 Å². The molecule has 0 saturated heterocycles. The van der Waals surface area contributed by atoms with Gasteiger partial charge in [0.1, 0.15) is 5.82 Å². The smallest absolute Gasteiger partial charge is 0.146 e. The van der Waals surface area contributed by atoms with Crippen molar-refractivity contribution in [2.45, 2.75) is 33.4 Å². The van der Waals surface area contributed by atoms with Gasteiger partial charge in [-0.3, -0.25) is 0 Å². The van der Waals surface area contributed by atoms with E-state index in [9.17, 15) is 4.39 Å². The summed E-state index contributed by atoms with van der Waals surface area (Å²) in [5, 5.41) is 5.44. The lowest BCUT2D eigenvalue weighted by Gasteiger charge is -2.28. The van der Waals surface area contributed by atoms with Crippen LogP contribution in [0.4, 0.5) is 10.1 Å². The molecule has 1 heterocycles. The van der Waals surface area contributed by atoms with Gasteiger partial charge >= 0.3 is 0 Å². The Bertz CT molecular complexity index is 554. The second-order valence-electron chi connectivity index (χ2n) is 5.05. The van der Waals surface area contributed by atoms with E-state index in [4.69, 9.17) is 0 Å². The third-order valence-corrected chi connectivity index (χ3v) is 4.48. The van der Waals surface area contributed by atoms with Crippen LogP contribution in [0.3, 0.4) is 0 Å². The van der Waals surface area contributed by atoms with Crippen molar-refractivity contribution in [1.29, 1.82) is 0 Å². The van der Waals surface area contributed by atoms with E-state index < -0.39 is 0 Å². The van der Waals surface area contributed by atoms with Crippen molar-refractivity contribution in [3.8, 4) is 0 Å². The van der Waals surface area contributed by atoms with E-state index in [2.05, 4.69) is 42.4 Å². The molecule has 0 spiro atoms. The molecule has 0 amide bonds. The number of rotatable bonds is 7. The van der Waals surface area contributed by atoms with Crippen molar-refractivity contribution in [2.75, 3.05) is 18.0 Å². The Balaban J connectivity index is 2.35. The summed E-state index contributed by atoms with van der Waals surface area (Å²) in [5.74, 6) is -0.143. The number of hydrogen-bond donors (Lipinski definition) is 1. The molecule has 0 bridgehead atoms. The Morgan fingerprint density at radius 3 is 2.67 bits per heavy atom.